The van der Waals surface area contributed by atoms with E-state index in [-0.39, 0.29) is 0 Å². The van der Waals surface area contributed by atoms with Crippen LogP contribution in [-0.2, 0) is 9.47 Å². The molecule has 130 valence electrons. The van der Waals surface area contributed by atoms with Gasteiger partial charge in [0.15, 0.2) is 0 Å². The second kappa shape index (κ2) is 7.52. The molecule has 0 aliphatic carbocycles. The second-order valence-electron chi connectivity index (χ2n) is 5.25. The summed E-state index contributed by atoms with van der Waals surface area (Å²) >= 11 is 0. The van der Waals surface area contributed by atoms with E-state index in [0.717, 1.165) is 0 Å². The highest BCUT2D eigenvalue weighted by molar-refractivity contribution is 5.91. The smallest absolute Gasteiger partial charge is 0.337 e. The summed E-state index contributed by atoms with van der Waals surface area (Å²) < 4.78 is 9.45. The molecule has 0 aromatic carbocycles. The number of aromatic nitrogens is 3. The standard InChI is InChI=1S/C19H15N3O4/c1-25-18(23)12-6-8-20-16(10-12)14-4-3-5-15(22-14)17-11-13(7-9-21-17)19(24)26-2/h3-11H,1-2H3. The van der Waals surface area contributed by atoms with Crippen LogP contribution >= 0.6 is 0 Å². The van der Waals surface area contributed by atoms with Crippen molar-refractivity contribution >= 4 is 11.9 Å². The first kappa shape index (κ1) is 17.2. The summed E-state index contributed by atoms with van der Waals surface area (Å²) in [6, 6.07) is 11.7. The van der Waals surface area contributed by atoms with Gasteiger partial charge in [-0.05, 0) is 36.4 Å². The summed E-state index contributed by atoms with van der Waals surface area (Å²) in [6.07, 6.45) is 3.04. The van der Waals surface area contributed by atoms with Crippen LogP contribution in [0.5, 0.6) is 0 Å². The van der Waals surface area contributed by atoms with Crippen molar-refractivity contribution in [2.24, 2.45) is 0 Å². The Hall–Kier alpha value is -3.61. The number of hydrogen-bond acceptors (Lipinski definition) is 7. The van der Waals surface area contributed by atoms with Gasteiger partial charge in [0.2, 0.25) is 0 Å². The van der Waals surface area contributed by atoms with Crippen LogP contribution in [0.4, 0.5) is 0 Å². The summed E-state index contributed by atoms with van der Waals surface area (Å²) in [6.45, 7) is 0. The van der Waals surface area contributed by atoms with Gasteiger partial charge in [-0.3, -0.25) is 9.97 Å². The maximum atomic E-state index is 11.7. The van der Waals surface area contributed by atoms with Crippen molar-refractivity contribution < 1.29 is 19.1 Å². The quantitative estimate of drug-likeness (QED) is 0.669. The van der Waals surface area contributed by atoms with Crippen molar-refractivity contribution in [3.63, 3.8) is 0 Å². The maximum Gasteiger partial charge on any atom is 0.337 e. The topological polar surface area (TPSA) is 91.3 Å². The van der Waals surface area contributed by atoms with Crippen molar-refractivity contribution in [2.75, 3.05) is 14.2 Å². The Bertz CT molecular complexity index is 898. The minimum atomic E-state index is -0.447. The van der Waals surface area contributed by atoms with E-state index in [1.54, 1.807) is 42.5 Å². The molecule has 0 spiro atoms. The van der Waals surface area contributed by atoms with E-state index < -0.39 is 11.9 Å². The van der Waals surface area contributed by atoms with Gasteiger partial charge in [-0.2, -0.15) is 0 Å². The normalized spacial score (nSPS) is 10.2. The molecule has 7 nitrogen and oxygen atoms in total. The third-order valence-electron chi connectivity index (χ3n) is 3.64. The number of nitrogens with zero attached hydrogens (tertiary/aromatic N) is 3. The first-order valence-corrected chi connectivity index (χ1v) is 7.69. The lowest BCUT2D eigenvalue weighted by Crippen LogP contribution is -2.03. The molecule has 0 unspecified atom stereocenters. The van der Waals surface area contributed by atoms with Crippen LogP contribution in [0.3, 0.4) is 0 Å². The molecule has 7 heteroatoms. The Morgan fingerprint density at radius 2 is 1.19 bits per heavy atom. The predicted molar refractivity (Wildman–Crippen MR) is 93.4 cm³/mol. The van der Waals surface area contributed by atoms with Crippen molar-refractivity contribution in [1.29, 1.82) is 0 Å². The number of methoxy groups -OCH3 is 2. The van der Waals surface area contributed by atoms with E-state index in [9.17, 15) is 9.59 Å². The fraction of sp³-hybridized carbons (Fsp3) is 0.105. The minimum Gasteiger partial charge on any atom is -0.465 e. The SMILES string of the molecule is COC(=O)c1ccnc(-c2cccc(-c3cc(C(=O)OC)ccn3)n2)c1. The molecule has 3 heterocycles. The van der Waals surface area contributed by atoms with Crippen LogP contribution in [-0.4, -0.2) is 41.1 Å². The first-order valence-electron chi connectivity index (χ1n) is 7.69. The monoisotopic (exact) mass is 349 g/mol. The van der Waals surface area contributed by atoms with Gasteiger partial charge in [0.1, 0.15) is 0 Å². The fourth-order valence-corrected chi connectivity index (χ4v) is 2.35. The molecule has 0 aliphatic heterocycles. The average Bonchev–Trinajstić information content (AvgIpc) is 2.72. The number of carbonyl (C=O) groups is 2. The van der Waals surface area contributed by atoms with Crippen molar-refractivity contribution in [3.8, 4) is 22.8 Å². The van der Waals surface area contributed by atoms with Crippen LogP contribution < -0.4 is 0 Å². The molecule has 0 atom stereocenters. The Morgan fingerprint density at radius 1 is 0.731 bits per heavy atom. The molecule has 3 aromatic rings. The molecule has 0 saturated carbocycles. The largest absolute Gasteiger partial charge is 0.465 e. The molecule has 3 aromatic heterocycles. The molecular weight excluding hydrogens is 334 g/mol. The number of pyridine rings is 3. The maximum absolute atomic E-state index is 11.7. The molecule has 0 saturated heterocycles. The summed E-state index contributed by atoms with van der Waals surface area (Å²) in [5.74, 6) is -0.894. The van der Waals surface area contributed by atoms with Crippen LogP contribution in [0.25, 0.3) is 22.8 Å². The molecule has 0 amide bonds. The molecule has 0 radical (unpaired) electrons. The van der Waals surface area contributed by atoms with Gasteiger partial charge in [-0.15, -0.1) is 0 Å². The third-order valence-corrected chi connectivity index (χ3v) is 3.64. The molecule has 3 rings (SSSR count). The summed E-state index contributed by atoms with van der Waals surface area (Å²) in [5.41, 5.74) is 2.96. The second-order valence-corrected chi connectivity index (χ2v) is 5.25. The van der Waals surface area contributed by atoms with Crippen molar-refractivity contribution in [1.82, 2.24) is 15.0 Å². The van der Waals surface area contributed by atoms with Gasteiger partial charge in [0, 0.05) is 12.4 Å². The predicted octanol–water partition coefficient (Wildman–Crippen LogP) is 2.78. The highest BCUT2D eigenvalue weighted by Crippen LogP contribution is 2.21. The van der Waals surface area contributed by atoms with Crippen LogP contribution in [0, 0.1) is 0 Å². The van der Waals surface area contributed by atoms with Gasteiger partial charge in [-0.25, -0.2) is 14.6 Å². The molecular formula is C19H15N3O4. The lowest BCUT2D eigenvalue weighted by atomic mass is 10.1. The Morgan fingerprint density at radius 3 is 1.62 bits per heavy atom. The molecule has 0 bridgehead atoms. The number of carbonyl (C=O) groups excluding carboxylic acids is 2. The van der Waals surface area contributed by atoms with E-state index in [1.165, 1.54) is 26.6 Å². The zero-order chi connectivity index (χ0) is 18.5. The zero-order valence-electron chi connectivity index (χ0n) is 14.2. The number of rotatable bonds is 4. The van der Waals surface area contributed by atoms with Crippen LogP contribution in [0.2, 0.25) is 0 Å². The van der Waals surface area contributed by atoms with Gasteiger partial charge >= 0.3 is 11.9 Å². The molecule has 0 N–H and O–H groups in total. The van der Waals surface area contributed by atoms with Gasteiger partial charge < -0.3 is 9.47 Å². The summed E-state index contributed by atoms with van der Waals surface area (Å²) in [4.78, 5) is 36.4. The summed E-state index contributed by atoms with van der Waals surface area (Å²) in [5, 5.41) is 0. The van der Waals surface area contributed by atoms with Crippen molar-refractivity contribution in [3.05, 3.63) is 66.0 Å². The van der Waals surface area contributed by atoms with Crippen LogP contribution in [0.15, 0.2) is 54.9 Å². The molecule has 0 aliphatic rings. The van der Waals surface area contributed by atoms with E-state index in [4.69, 9.17) is 9.47 Å². The minimum absolute atomic E-state index is 0.385. The zero-order valence-corrected chi connectivity index (χ0v) is 14.2. The molecule has 0 fully saturated rings. The average molecular weight is 349 g/mol. The lowest BCUT2D eigenvalue weighted by Gasteiger charge is -2.06. The Balaban J connectivity index is 1.99. The summed E-state index contributed by atoms with van der Waals surface area (Å²) in [7, 11) is 2.64. The number of ether oxygens (including phenoxy) is 2. The van der Waals surface area contributed by atoms with Crippen molar-refractivity contribution in [2.45, 2.75) is 0 Å². The van der Waals surface area contributed by atoms with E-state index in [1.807, 2.05) is 0 Å². The van der Waals surface area contributed by atoms with E-state index in [0.29, 0.717) is 33.9 Å². The lowest BCUT2D eigenvalue weighted by molar-refractivity contribution is 0.0592. The Labute approximate surface area is 149 Å². The highest BCUT2D eigenvalue weighted by Gasteiger charge is 2.12. The Kier molecular flexibility index (Phi) is 4.98. The van der Waals surface area contributed by atoms with Gasteiger partial charge in [0.05, 0.1) is 48.1 Å². The third kappa shape index (κ3) is 3.56. The van der Waals surface area contributed by atoms with Crippen LogP contribution in [0.1, 0.15) is 20.7 Å². The molecule has 26 heavy (non-hydrogen) atoms. The fourth-order valence-electron chi connectivity index (χ4n) is 2.35. The number of esters is 2. The highest BCUT2D eigenvalue weighted by atomic mass is 16.5. The van der Waals surface area contributed by atoms with Gasteiger partial charge in [-0.1, -0.05) is 6.07 Å². The van der Waals surface area contributed by atoms with Gasteiger partial charge in [0.25, 0.3) is 0 Å². The van der Waals surface area contributed by atoms with E-state index >= 15 is 0 Å². The number of hydrogen-bond donors (Lipinski definition) is 0. The van der Waals surface area contributed by atoms with E-state index in [2.05, 4.69) is 15.0 Å². The first-order chi connectivity index (χ1) is 12.6.